The molecule has 0 radical (unpaired) electrons. The van der Waals surface area contributed by atoms with Crippen molar-refractivity contribution in [2.45, 2.75) is 19.8 Å². The highest BCUT2D eigenvalue weighted by molar-refractivity contribution is 5.80. The Hall–Kier alpha value is -1.96. The van der Waals surface area contributed by atoms with E-state index in [1.165, 1.54) is 11.0 Å². The highest BCUT2D eigenvalue weighted by Crippen LogP contribution is 2.11. The summed E-state index contributed by atoms with van der Waals surface area (Å²) in [6.45, 7) is 2.14. The van der Waals surface area contributed by atoms with E-state index >= 15 is 0 Å². The predicted octanol–water partition coefficient (Wildman–Crippen LogP) is 2.52. The number of benzene rings is 1. The van der Waals surface area contributed by atoms with Crippen LogP contribution < -0.4 is 0 Å². The van der Waals surface area contributed by atoms with Crippen molar-refractivity contribution in [1.82, 2.24) is 4.90 Å². The van der Waals surface area contributed by atoms with Crippen LogP contribution in [0.4, 0.5) is 8.78 Å². The number of nitriles is 1. The largest absolute Gasteiger partial charge is 0.344 e. The van der Waals surface area contributed by atoms with Crippen molar-refractivity contribution in [2.75, 3.05) is 13.6 Å². The Labute approximate surface area is 111 Å². The van der Waals surface area contributed by atoms with Gasteiger partial charge >= 0.3 is 0 Å². The van der Waals surface area contributed by atoms with Gasteiger partial charge in [0.25, 0.3) is 0 Å². The predicted molar refractivity (Wildman–Crippen MR) is 67.1 cm³/mol. The maximum atomic E-state index is 13.0. The van der Waals surface area contributed by atoms with Gasteiger partial charge in [0.05, 0.1) is 6.07 Å². The van der Waals surface area contributed by atoms with Crippen LogP contribution in [-0.2, 0) is 11.2 Å². The van der Waals surface area contributed by atoms with Gasteiger partial charge in [-0.2, -0.15) is 5.26 Å². The van der Waals surface area contributed by atoms with Gasteiger partial charge in [-0.3, -0.25) is 4.79 Å². The van der Waals surface area contributed by atoms with Crippen molar-refractivity contribution >= 4 is 5.91 Å². The van der Waals surface area contributed by atoms with E-state index in [-0.39, 0.29) is 5.91 Å². The summed E-state index contributed by atoms with van der Waals surface area (Å²) in [4.78, 5) is 13.3. The zero-order valence-corrected chi connectivity index (χ0v) is 11.0. The molecule has 1 aromatic carbocycles. The Kier molecular flexibility index (Phi) is 5.43. The first-order valence-corrected chi connectivity index (χ1v) is 6.08. The summed E-state index contributed by atoms with van der Waals surface area (Å²) in [5.41, 5.74) is 0.614. The van der Waals surface area contributed by atoms with Crippen molar-refractivity contribution < 1.29 is 13.6 Å². The van der Waals surface area contributed by atoms with Gasteiger partial charge in [-0.1, -0.05) is 13.0 Å². The number of nitrogens with zero attached hydrogens (tertiary/aromatic N) is 2. The molecule has 1 unspecified atom stereocenters. The zero-order valence-electron chi connectivity index (χ0n) is 11.0. The summed E-state index contributed by atoms with van der Waals surface area (Å²) in [7, 11) is 1.60. The van der Waals surface area contributed by atoms with E-state index in [1.54, 1.807) is 14.0 Å². The monoisotopic (exact) mass is 266 g/mol. The first-order chi connectivity index (χ1) is 8.99. The van der Waals surface area contributed by atoms with E-state index in [1.807, 2.05) is 6.07 Å². The molecule has 5 heteroatoms. The maximum Gasteiger partial charge on any atom is 0.239 e. The zero-order chi connectivity index (χ0) is 14.4. The van der Waals surface area contributed by atoms with E-state index in [2.05, 4.69) is 0 Å². The number of halogens is 2. The molecular weight excluding hydrogens is 250 g/mol. The maximum absolute atomic E-state index is 13.0. The van der Waals surface area contributed by atoms with Crippen molar-refractivity contribution in [3.63, 3.8) is 0 Å². The van der Waals surface area contributed by atoms with Crippen LogP contribution in [0.1, 0.15) is 18.9 Å². The molecule has 0 N–H and O–H groups in total. The number of likely N-dealkylation sites (N-methyl/N-ethyl adjacent to an activating group) is 1. The molecule has 0 saturated heterocycles. The van der Waals surface area contributed by atoms with Crippen LogP contribution in [0.25, 0.3) is 0 Å². The molecule has 1 aromatic rings. The van der Waals surface area contributed by atoms with Crippen LogP contribution in [0.5, 0.6) is 0 Å². The average molecular weight is 266 g/mol. The smallest absolute Gasteiger partial charge is 0.239 e. The molecule has 0 aliphatic carbocycles. The molecule has 0 aliphatic rings. The molecule has 0 spiro atoms. The Bertz CT molecular complexity index is 497. The lowest BCUT2D eigenvalue weighted by atomic mass is 10.1. The van der Waals surface area contributed by atoms with Crippen LogP contribution in [0.15, 0.2) is 18.2 Å². The quantitative estimate of drug-likeness (QED) is 0.822. The molecule has 0 aromatic heterocycles. The highest BCUT2D eigenvalue weighted by atomic mass is 19.2. The molecule has 0 fully saturated rings. The first kappa shape index (κ1) is 15.1. The minimum atomic E-state index is -0.894. The van der Waals surface area contributed by atoms with Crippen LogP contribution in [0, 0.1) is 28.9 Å². The topological polar surface area (TPSA) is 44.1 Å². The standard InChI is InChI=1S/C14H16F2N2O/c1-3-11(9-17)14(19)18(2)7-6-10-4-5-12(15)13(16)8-10/h4-5,8,11H,3,6-7H2,1-2H3. The molecular formula is C14H16F2N2O. The fraction of sp³-hybridized carbons (Fsp3) is 0.429. The summed E-state index contributed by atoms with van der Waals surface area (Å²) < 4.78 is 25.7. The molecule has 0 saturated carbocycles. The highest BCUT2D eigenvalue weighted by Gasteiger charge is 2.19. The Morgan fingerprint density at radius 3 is 2.63 bits per heavy atom. The van der Waals surface area contributed by atoms with E-state index in [9.17, 15) is 13.6 Å². The van der Waals surface area contributed by atoms with E-state index < -0.39 is 17.6 Å². The molecule has 0 aliphatic heterocycles. The van der Waals surface area contributed by atoms with Crippen molar-refractivity contribution in [2.24, 2.45) is 5.92 Å². The van der Waals surface area contributed by atoms with Gasteiger partial charge in [-0.05, 0) is 30.5 Å². The van der Waals surface area contributed by atoms with Crippen molar-refractivity contribution in [3.05, 3.63) is 35.4 Å². The van der Waals surface area contributed by atoms with Crippen LogP contribution in [0.3, 0.4) is 0 Å². The van der Waals surface area contributed by atoms with Crippen LogP contribution in [-0.4, -0.2) is 24.4 Å². The third-order valence-corrected chi connectivity index (χ3v) is 2.96. The molecule has 1 amide bonds. The third kappa shape index (κ3) is 4.02. The Morgan fingerprint density at radius 2 is 2.11 bits per heavy atom. The van der Waals surface area contributed by atoms with Gasteiger partial charge in [0.15, 0.2) is 11.6 Å². The van der Waals surface area contributed by atoms with Gasteiger partial charge in [0.2, 0.25) is 5.91 Å². The molecule has 1 rings (SSSR count). The average Bonchev–Trinajstić information content (AvgIpc) is 2.41. The molecule has 102 valence electrons. The number of hydrogen-bond acceptors (Lipinski definition) is 2. The number of carbonyl (C=O) groups is 1. The van der Waals surface area contributed by atoms with E-state index in [0.29, 0.717) is 24.9 Å². The van der Waals surface area contributed by atoms with Crippen molar-refractivity contribution in [3.8, 4) is 6.07 Å². The van der Waals surface area contributed by atoms with Gasteiger partial charge in [0.1, 0.15) is 5.92 Å². The Morgan fingerprint density at radius 1 is 1.42 bits per heavy atom. The van der Waals surface area contributed by atoms with Crippen LogP contribution in [0.2, 0.25) is 0 Å². The van der Waals surface area contributed by atoms with Crippen LogP contribution >= 0.6 is 0 Å². The van der Waals surface area contributed by atoms with Gasteiger partial charge < -0.3 is 4.90 Å². The fourth-order valence-corrected chi connectivity index (χ4v) is 1.69. The molecule has 0 bridgehead atoms. The normalized spacial score (nSPS) is 11.7. The first-order valence-electron chi connectivity index (χ1n) is 6.08. The summed E-state index contributed by atoms with van der Waals surface area (Å²) in [5, 5.41) is 8.81. The second-order valence-electron chi connectivity index (χ2n) is 4.35. The lowest BCUT2D eigenvalue weighted by Crippen LogP contribution is -2.33. The van der Waals surface area contributed by atoms with Gasteiger partial charge in [-0.25, -0.2) is 8.78 Å². The lowest BCUT2D eigenvalue weighted by Gasteiger charge is -2.19. The summed E-state index contributed by atoms with van der Waals surface area (Å²) in [6, 6.07) is 5.62. The molecule has 3 nitrogen and oxygen atoms in total. The summed E-state index contributed by atoms with van der Waals surface area (Å²) in [5.74, 6) is -2.67. The third-order valence-electron chi connectivity index (χ3n) is 2.96. The second-order valence-corrected chi connectivity index (χ2v) is 4.35. The number of hydrogen-bond donors (Lipinski definition) is 0. The minimum Gasteiger partial charge on any atom is -0.344 e. The fourth-order valence-electron chi connectivity index (χ4n) is 1.69. The molecule has 0 heterocycles. The van der Waals surface area contributed by atoms with Gasteiger partial charge in [0, 0.05) is 13.6 Å². The summed E-state index contributed by atoms with van der Waals surface area (Å²) in [6.07, 6.45) is 0.881. The lowest BCUT2D eigenvalue weighted by molar-refractivity contribution is -0.132. The van der Waals surface area contributed by atoms with E-state index in [0.717, 1.165) is 12.1 Å². The van der Waals surface area contributed by atoms with Crippen molar-refractivity contribution in [1.29, 1.82) is 5.26 Å². The second kappa shape index (κ2) is 6.83. The number of amides is 1. The SMILES string of the molecule is CCC(C#N)C(=O)N(C)CCc1ccc(F)c(F)c1. The van der Waals surface area contributed by atoms with E-state index in [4.69, 9.17) is 5.26 Å². The number of rotatable bonds is 5. The Balaban J connectivity index is 2.59. The van der Waals surface area contributed by atoms with Gasteiger partial charge in [-0.15, -0.1) is 0 Å². The number of carbonyl (C=O) groups excluding carboxylic acids is 1. The summed E-state index contributed by atoms with van der Waals surface area (Å²) >= 11 is 0. The minimum absolute atomic E-state index is 0.243. The molecule has 1 atom stereocenters. The molecule has 19 heavy (non-hydrogen) atoms.